The van der Waals surface area contributed by atoms with Gasteiger partial charge in [0, 0.05) is 25.8 Å². The van der Waals surface area contributed by atoms with Gasteiger partial charge in [-0.15, -0.1) is 0 Å². The Morgan fingerprint density at radius 2 is 2.10 bits per heavy atom. The fourth-order valence-corrected chi connectivity index (χ4v) is 3.01. The molecule has 0 spiro atoms. The summed E-state index contributed by atoms with van der Waals surface area (Å²) >= 11 is 0. The van der Waals surface area contributed by atoms with E-state index < -0.39 is 0 Å². The van der Waals surface area contributed by atoms with Gasteiger partial charge in [0.1, 0.15) is 0 Å². The normalized spacial score (nSPS) is 18.8. The second-order valence-corrected chi connectivity index (χ2v) is 7.53. The lowest BCUT2D eigenvalue weighted by Crippen LogP contribution is -2.27. The van der Waals surface area contributed by atoms with E-state index in [2.05, 4.69) is 49.0 Å². The van der Waals surface area contributed by atoms with Crippen molar-refractivity contribution in [1.29, 1.82) is 0 Å². The molecule has 1 aromatic rings. The molecule has 0 radical (unpaired) electrons. The van der Waals surface area contributed by atoms with Gasteiger partial charge in [-0.3, -0.25) is 4.98 Å². The van der Waals surface area contributed by atoms with Crippen molar-refractivity contribution in [3.8, 4) is 0 Å². The highest BCUT2D eigenvalue weighted by Crippen LogP contribution is 2.32. The van der Waals surface area contributed by atoms with E-state index in [1.54, 1.807) is 0 Å². The minimum Gasteiger partial charge on any atom is -0.370 e. The van der Waals surface area contributed by atoms with Gasteiger partial charge >= 0.3 is 0 Å². The van der Waals surface area contributed by atoms with Crippen LogP contribution in [0.25, 0.3) is 0 Å². The van der Waals surface area contributed by atoms with Crippen molar-refractivity contribution in [2.24, 2.45) is 11.3 Å². The molecular formula is C18H31N3. The second-order valence-electron chi connectivity index (χ2n) is 7.53. The third kappa shape index (κ3) is 4.99. The zero-order valence-electron chi connectivity index (χ0n) is 14.2. The molecule has 118 valence electrons. The molecule has 1 saturated heterocycles. The molecule has 21 heavy (non-hydrogen) atoms. The maximum absolute atomic E-state index is 4.36. The third-order valence-corrected chi connectivity index (χ3v) is 4.44. The number of nitrogens with one attached hydrogen (secondary N) is 1. The molecule has 2 rings (SSSR count). The molecule has 0 saturated carbocycles. The van der Waals surface area contributed by atoms with E-state index in [1.165, 1.54) is 30.5 Å². The van der Waals surface area contributed by atoms with Gasteiger partial charge in [-0.05, 0) is 48.8 Å². The van der Waals surface area contributed by atoms with Crippen molar-refractivity contribution >= 4 is 5.69 Å². The zero-order valence-corrected chi connectivity index (χ0v) is 14.2. The lowest BCUT2D eigenvalue weighted by molar-refractivity contribution is 0.325. The Morgan fingerprint density at radius 1 is 1.29 bits per heavy atom. The van der Waals surface area contributed by atoms with Crippen LogP contribution in [0, 0.1) is 11.3 Å². The molecule has 2 heterocycles. The maximum atomic E-state index is 4.36. The van der Waals surface area contributed by atoms with Crippen LogP contribution in [-0.4, -0.2) is 24.6 Å². The van der Waals surface area contributed by atoms with Crippen LogP contribution >= 0.6 is 0 Å². The molecule has 1 N–H and O–H groups in total. The highest BCUT2D eigenvalue weighted by molar-refractivity contribution is 5.51. The second kappa shape index (κ2) is 7.26. The smallest absolute Gasteiger partial charge is 0.0598 e. The third-order valence-electron chi connectivity index (χ3n) is 4.44. The summed E-state index contributed by atoms with van der Waals surface area (Å²) in [5, 5.41) is 3.56. The molecule has 0 unspecified atom stereocenters. The minimum absolute atomic E-state index is 0.479. The summed E-state index contributed by atoms with van der Waals surface area (Å²) in [5.41, 5.74) is 3.18. The Labute approximate surface area is 130 Å². The van der Waals surface area contributed by atoms with Crippen LogP contribution in [0.3, 0.4) is 0 Å². The highest BCUT2D eigenvalue weighted by atomic mass is 15.1. The van der Waals surface area contributed by atoms with Gasteiger partial charge in [0.15, 0.2) is 0 Å². The molecule has 1 aliphatic heterocycles. The van der Waals surface area contributed by atoms with Crippen LogP contribution < -0.4 is 10.2 Å². The van der Waals surface area contributed by atoms with Crippen LogP contribution in [0.5, 0.6) is 0 Å². The van der Waals surface area contributed by atoms with Gasteiger partial charge in [0.05, 0.1) is 11.9 Å². The summed E-state index contributed by atoms with van der Waals surface area (Å²) in [7, 11) is 0. The van der Waals surface area contributed by atoms with Crippen LogP contribution in [-0.2, 0) is 6.54 Å². The average molecular weight is 289 g/mol. The quantitative estimate of drug-likeness (QED) is 0.892. The number of rotatable bonds is 5. The number of hydrogen-bond acceptors (Lipinski definition) is 3. The Morgan fingerprint density at radius 3 is 2.86 bits per heavy atom. The number of pyridine rings is 1. The van der Waals surface area contributed by atoms with E-state index in [0.717, 1.165) is 26.2 Å². The number of aromatic nitrogens is 1. The monoisotopic (exact) mass is 289 g/mol. The van der Waals surface area contributed by atoms with Gasteiger partial charge in [-0.25, -0.2) is 0 Å². The largest absolute Gasteiger partial charge is 0.370 e. The molecule has 0 amide bonds. The Balaban J connectivity index is 2.05. The molecule has 3 heteroatoms. The summed E-state index contributed by atoms with van der Waals surface area (Å²) in [4.78, 5) is 6.90. The summed E-state index contributed by atoms with van der Waals surface area (Å²) in [6.07, 6.45) is 7.83. The average Bonchev–Trinajstić information content (AvgIpc) is 2.60. The minimum atomic E-state index is 0.479. The fraction of sp³-hybridized carbons (Fsp3) is 0.722. The molecule has 3 nitrogen and oxygen atoms in total. The first kappa shape index (κ1) is 16.3. The predicted molar refractivity (Wildman–Crippen MR) is 90.6 cm³/mol. The molecule has 1 aromatic heterocycles. The Hall–Kier alpha value is -1.09. The van der Waals surface area contributed by atoms with Crippen molar-refractivity contribution in [2.75, 3.05) is 24.5 Å². The van der Waals surface area contributed by atoms with Gasteiger partial charge < -0.3 is 10.2 Å². The molecule has 1 aliphatic rings. The standard InChI is InChI=1S/C18H31N3/c1-15(2)12-20-13-16-6-9-19-14-17(16)21-10-5-7-18(3,4)8-11-21/h6,9,14-15,20H,5,7-8,10-13H2,1-4H3. The highest BCUT2D eigenvalue weighted by Gasteiger charge is 2.24. The lowest BCUT2D eigenvalue weighted by Gasteiger charge is -2.26. The summed E-state index contributed by atoms with van der Waals surface area (Å²) in [6.45, 7) is 13.6. The predicted octanol–water partition coefficient (Wildman–Crippen LogP) is 3.84. The first-order valence-electron chi connectivity index (χ1n) is 8.36. The van der Waals surface area contributed by atoms with Crippen LogP contribution in [0.1, 0.15) is 52.5 Å². The number of hydrogen-bond donors (Lipinski definition) is 1. The van der Waals surface area contributed by atoms with Crippen molar-refractivity contribution in [3.63, 3.8) is 0 Å². The molecule has 0 aromatic carbocycles. The zero-order chi connectivity index (χ0) is 15.3. The van der Waals surface area contributed by atoms with Gasteiger partial charge in [-0.1, -0.05) is 27.7 Å². The summed E-state index contributed by atoms with van der Waals surface area (Å²) in [5.74, 6) is 0.689. The van der Waals surface area contributed by atoms with Gasteiger partial charge in [-0.2, -0.15) is 0 Å². The van der Waals surface area contributed by atoms with E-state index in [1.807, 2.05) is 12.4 Å². The van der Waals surface area contributed by atoms with Crippen molar-refractivity contribution < 1.29 is 0 Å². The molecular weight excluding hydrogens is 258 g/mol. The van der Waals surface area contributed by atoms with Crippen LogP contribution in [0.15, 0.2) is 18.5 Å². The van der Waals surface area contributed by atoms with E-state index in [0.29, 0.717) is 11.3 Å². The topological polar surface area (TPSA) is 28.2 Å². The summed E-state index contributed by atoms with van der Waals surface area (Å²) in [6, 6.07) is 2.17. The van der Waals surface area contributed by atoms with Crippen molar-refractivity contribution in [3.05, 3.63) is 24.0 Å². The molecule has 0 aliphatic carbocycles. The summed E-state index contributed by atoms with van der Waals surface area (Å²) < 4.78 is 0. The first-order valence-corrected chi connectivity index (χ1v) is 8.36. The SMILES string of the molecule is CC(C)CNCc1ccncc1N1CCCC(C)(C)CC1. The van der Waals surface area contributed by atoms with Crippen LogP contribution in [0.2, 0.25) is 0 Å². The van der Waals surface area contributed by atoms with Gasteiger partial charge in [0.2, 0.25) is 0 Å². The fourth-order valence-electron chi connectivity index (χ4n) is 3.01. The van der Waals surface area contributed by atoms with Gasteiger partial charge in [0.25, 0.3) is 0 Å². The van der Waals surface area contributed by atoms with E-state index >= 15 is 0 Å². The Bertz CT molecular complexity index is 440. The first-order chi connectivity index (χ1) is 9.98. The van der Waals surface area contributed by atoms with Crippen molar-refractivity contribution in [1.82, 2.24) is 10.3 Å². The van der Waals surface area contributed by atoms with E-state index in [-0.39, 0.29) is 0 Å². The number of anilines is 1. The molecule has 0 bridgehead atoms. The number of nitrogens with zero attached hydrogens (tertiary/aromatic N) is 2. The van der Waals surface area contributed by atoms with E-state index in [4.69, 9.17) is 0 Å². The van der Waals surface area contributed by atoms with Crippen molar-refractivity contribution in [2.45, 2.75) is 53.5 Å². The van der Waals surface area contributed by atoms with E-state index in [9.17, 15) is 0 Å². The molecule has 0 atom stereocenters. The maximum Gasteiger partial charge on any atom is 0.0598 e. The Kier molecular flexibility index (Phi) is 5.63. The lowest BCUT2D eigenvalue weighted by atomic mass is 9.85. The molecule has 1 fully saturated rings. The van der Waals surface area contributed by atoms with Crippen LogP contribution in [0.4, 0.5) is 5.69 Å².